The highest BCUT2D eigenvalue weighted by Crippen LogP contribution is 1.99. The van der Waals surface area contributed by atoms with Gasteiger partial charge in [-0.25, -0.2) is 14.6 Å². The van der Waals surface area contributed by atoms with Crippen molar-refractivity contribution in [2.24, 2.45) is 42.9 Å². The summed E-state index contributed by atoms with van der Waals surface area (Å²) in [6.07, 6.45) is 0.773. The summed E-state index contributed by atoms with van der Waals surface area (Å²) < 4.78 is 9.64. The van der Waals surface area contributed by atoms with Crippen LogP contribution in [0.1, 0.15) is 32.6 Å². The number of alkyl carbamates (subject to hydrolysis) is 2. The van der Waals surface area contributed by atoms with Gasteiger partial charge in [0.2, 0.25) is 5.91 Å². The van der Waals surface area contributed by atoms with E-state index in [0.29, 0.717) is 58.4 Å². The largest absolute Gasteiger partial charge is 0.434 e. The van der Waals surface area contributed by atoms with E-state index in [1.165, 1.54) is 7.05 Å². The lowest BCUT2D eigenvalue weighted by Gasteiger charge is -2.21. The summed E-state index contributed by atoms with van der Waals surface area (Å²) in [6, 6.07) is 0. The van der Waals surface area contributed by atoms with Crippen LogP contribution in [-0.4, -0.2) is 114 Å². The second-order valence-corrected chi connectivity index (χ2v) is 8.08. The molecule has 0 aromatic carbocycles. The van der Waals surface area contributed by atoms with Crippen molar-refractivity contribution in [1.82, 2.24) is 31.5 Å². The first-order chi connectivity index (χ1) is 19.6. The lowest BCUT2D eigenvalue weighted by atomic mass is 10.3. The quantitative estimate of drug-likeness (QED) is 0.0358. The van der Waals surface area contributed by atoms with Gasteiger partial charge in [-0.3, -0.25) is 35.7 Å². The zero-order valence-corrected chi connectivity index (χ0v) is 24.1. The van der Waals surface area contributed by atoms with Crippen molar-refractivity contribution >= 4 is 41.9 Å². The second kappa shape index (κ2) is 23.3. The fourth-order valence-electron chi connectivity index (χ4n) is 2.81. The number of aliphatic imine (C=N–C) groups is 4. The van der Waals surface area contributed by atoms with Crippen LogP contribution in [-0.2, 0) is 14.3 Å². The minimum atomic E-state index is -0.699. The monoisotopic (exact) mass is 586 g/mol. The Morgan fingerprint density at radius 1 is 0.756 bits per heavy atom. The molecule has 0 aliphatic carbocycles. The van der Waals surface area contributed by atoms with Crippen molar-refractivity contribution in [2.75, 3.05) is 66.8 Å². The van der Waals surface area contributed by atoms with Gasteiger partial charge in [-0.15, -0.1) is 0 Å². The molecule has 0 saturated carbocycles. The third kappa shape index (κ3) is 21.0. The first-order valence-electron chi connectivity index (χ1n) is 13.0. The molecule has 0 fully saturated rings. The maximum absolute atomic E-state index is 12.2. The molecule has 0 aromatic heterocycles. The molecule has 19 nitrogen and oxygen atoms in total. The van der Waals surface area contributed by atoms with Crippen molar-refractivity contribution in [3.8, 4) is 0 Å². The molecule has 0 unspecified atom stereocenters. The van der Waals surface area contributed by atoms with E-state index in [4.69, 9.17) is 32.4 Å². The van der Waals surface area contributed by atoms with E-state index >= 15 is 0 Å². The molecule has 0 spiro atoms. The molecule has 19 heteroatoms. The van der Waals surface area contributed by atoms with Crippen molar-refractivity contribution in [3.05, 3.63) is 0 Å². The molecular weight excluding hydrogens is 540 g/mol. The number of rotatable bonds is 17. The molecule has 0 bridgehead atoms. The van der Waals surface area contributed by atoms with Gasteiger partial charge in [0.1, 0.15) is 6.73 Å². The van der Waals surface area contributed by atoms with Gasteiger partial charge in [-0.05, 0) is 26.3 Å². The molecule has 13 N–H and O–H groups in total. The van der Waals surface area contributed by atoms with Crippen LogP contribution >= 0.6 is 0 Å². The van der Waals surface area contributed by atoms with Crippen molar-refractivity contribution in [3.63, 3.8) is 0 Å². The van der Waals surface area contributed by atoms with Crippen molar-refractivity contribution < 1.29 is 23.9 Å². The molecule has 0 aromatic rings. The third-order valence-corrected chi connectivity index (χ3v) is 4.82. The molecule has 0 rings (SSSR count). The third-order valence-electron chi connectivity index (χ3n) is 4.82. The van der Waals surface area contributed by atoms with E-state index in [0.717, 1.165) is 0 Å². The van der Waals surface area contributed by atoms with Crippen LogP contribution in [0.2, 0.25) is 0 Å². The van der Waals surface area contributed by atoms with E-state index in [2.05, 4.69) is 46.6 Å². The van der Waals surface area contributed by atoms with E-state index in [9.17, 15) is 14.4 Å². The number of amides is 3. The molecule has 234 valence electrons. The van der Waals surface area contributed by atoms with Gasteiger partial charge in [0, 0.05) is 52.7 Å². The Kier molecular flexibility index (Phi) is 20.8. The average Bonchev–Trinajstić information content (AvgIpc) is 2.94. The smallest absolute Gasteiger partial charge is 0.408 e. The number of hydrogen-bond donors (Lipinski definition) is 9. The van der Waals surface area contributed by atoms with E-state index in [-0.39, 0.29) is 49.8 Å². The van der Waals surface area contributed by atoms with Crippen molar-refractivity contribution in [1.29, 1.82) is 0 Å². The fourth-order valence-corrected chi connectivity index (χ4v) is 2.81. The van der Waals surface area contributed by atoms with Crippen molar-refractivity contribution in [2.45, 2.75) is 32.6 Å². The Morgan fingerprint density at radius 3 is 1.78 bits per heavy atom. The van der Waals surface area contributed by atoms with Crippen LogP contribution < -0.4 is 49.5 Å². The Balaban J connectivity index is 4.25. The highest BCUT2D eigenvalue weighted by molar-refractivity contribution is 5.97. The van der Waals surface area contributed by atoms with Crippen LogP contribution in [0, 0.1) is 0 Å². The number of nitrogens with one attached hydrogen (secondary N) is 5. The summed E-state index contributed by atoms with van der Waals surface area (Å²) in [7, 11) is 3.17. The highest BCUT2D eigenvalue weighted by Gasteiger charge is 2.10. The van der Waals surface area contributed by atoms with Crippen LogP contribution in [0.4, 0.5) is 9.59 Å². The van der Waals surface area contributed by atoms with Gasteiger partial charge in [0.15, 0.2) is 30.6 Å². The number of ether oxygens (including phenoxy) is 2. The Hall–Kier alpha value is -4.55. The molecule has 3 amide bonds. The summed E-state index contributed by atoms with van der Waals surface area (Å²) in [5.74, 6) is 0.266. The van der Waals surface area contributed by atoms with Crippen LogP contribution in [0.3, 0.4) is 0 Å². The number of carbonyl (C=O) groups excluding carboxylic acids is 3. The molecule has 0 heterocycles. The minimum Gasteiger partial charge on any atom is -0.434 e. The van der Waals surface area contributed by atoms with Crippen LogP contribution in [0.5, 0.6) is 0 Å². The minimum absolute atomic E-state index is 0.0134. The SMILES string of the molecule is CCC(=O)N(CCCN=C(N)NC(N)=NC)CCCN=C(N)NC(N)=NCOC(=O)NCCCNC(=O)OCNC. The van der Waals surface area contributed by atoms with Gasteiger partial charge in [-0.2, -0.15) is 0 Å². The van der Waals surface area contributed by atoms with E-state index in [1.807, 2.05) is 0 Å². The molecule has 0 aliphatic heterocycles. The Bertz CT molecular complexity index is 909. The number of hydrogen-bond acceptors (Lipinski definition) is 10. The van der Waals surface area contributed by atoms with E-state index in [1.54, 1.807) is 18.9 Å². The summed E-state index contributed by atoms with van der Waals surface area (Å²) in [5.41, 5.74) is 22.8. The van der Waals surface area contributed by atoms with Gasteiger partial charge < -0.3 is 47.9 Å². The summed E-state index contributed by atoms with van der Waals surface area (Å²) in [4.78, 5) is 52.8. The van der Waals surface area contributed by atoms with E-state index < -0.39 is 12.2 Å². The average molecular weight is 587 g/mol. The first kappa shape index (κ1) is 36.4. The second-order valence-electron chi connectivity index (χ2n) is 8.08. The number of nitrogens with zero attached hydrogens (tertiary/aromatic N) is 5. The molecule has 0 aliphatic rings. The van der Waals surface area contributed by atoms with Crippen LogP contribution in [0.25, 0.3) is 0 Å². The predicted molar refractivity (Wildman–Crippen MR) is 157 cm³/mol. The molecule has 0 radical (unpaired) electrons. The number of guanidine groups is 4. The molecular formula is C22H46N14O5. The lowest BCUT2D eigenvalue weighted by Crippen LogP contribution is -2.42. The van der Waals surface area contributed by atoms with Gasteiger partial charge >= 0.3 is 12.2 Å². The number of carbonyl (C=O) groups is 3. The van der Waals surface area contributed by atoms with Gasteiger partial charge in [0.05, 0.1) is 0 Å². The fraction of sp³-hybridized carbons (Fsp3) is 0.682. The standard InChI is InChI=1S/C22H46N14O5/c1-4-16(37)36(12-6-10-29-18(24)34-17(23)28-3)13-7-11-30-19(25)35-20(26)33-15-41-22(39)32-9-5-8-31-21(38)40-14-27-2/h27H,4-15H2,1-3H3,(H,31,38)(H,32,39)(H5,23,24,28,29,34)(H5,25,26,30,33,35). The molecule has 0 atom stereocenters. The van der Waals surface area contributed by atoms with Gasteiger partial charge in [0.25, 0.3) is 0 Å². The maximum Gasteiger partial charge on any atom is 0.408 e. The zero-order valence-electron chi connectivity index (χ0n) is 24.1. The normalized spacial score (nSPS) is 12.4. The maximum atomic E-state index is 12.2. The van der Waals surface area contributed by atoms with Gasteiger partial charge in [-0.1, -0.05) is 6.92 Å². The lowest BCUT2D eigenvalue weighted by molar-refractivity contribution is -0.130. The zero-order chi connectivity index (χ0) is 30.9. The first-order valence-corrected chi connectivity index (χ1v) is 13.0. The molecule has 41 heavy (non-hydrogen) atoms. The molecule has 0 saturated heterocycles. The topological polar surface area (TPSA) is 287 Å². The predicted octanol–water partition coefficient (Wildman–Crippen LogP) is -2.95. The Morgan fingerprint density at radius 2 is 1.27 bits per heavy atom. The van der Waals surface area contributed by atoms with Crippen LogP contribution in [0.15, 0.2) is 20.0 Å². The highest BCUT2D eigenvalue weighted by atomic mass is 16.6. The Labute approximate surface area is 240 Å². The summed E-state index contributed by atoms with van der Waals surface area (Å²) >= 11 is 0. The summed E-state index contributed by atoms with van der Waals surface area (Å²) in [5, 5.41) is 12.9. The number of nitrogens with two attached hydrogens (primary N) is 4. The summed E-state index contributed by atoms with van der Waals surface area (Å²) in [6.45, 7) is 3.89.